The van der Waals surface area contributed by atoms with Crippen LogP contribution in [-0.4, -0.2) is 41.2 Å². The lowest BCUT2D eigenvalue weighted by Gasteiger charge is -2.09. The van der Waals surface area contributed by atoms with E-state index in [1.54, 1.807) is 21.3 Å². The van der Waals surface area contributed by atoms with Crippen LogP contribution in [0.2, 0.25) is 0 Å². The summed E-state index contributed by atoms with van der Waals surface area (Å²) in [6.45, 7) is 2.28. The van der Waals surface area contributed by atoms with Crippen LogP contribution in [0, 0.1) is 0 Å². The third kappa shape index (κ3) is 5.63. The molecule has 18 heavy (non-hydrogen) atoms. The standard InChI is InChI=1S/C15H24O3/c1-16-7-4-13-10-14(5-8-17-2)12-15(11-13)6-9-18-3/h10-12H,4-9H2,1-3H3. The number of methoxy groups -OCH3 is 3. The molecule has 0 aliphatic rings. The third-order valence-corrected chi connectivity index (χ3v) is 2.90. The number of hydrogen-bond donors (Lipinski definition) is 0. The average Bonchev–Trinajstić information content (AvgIpc) is 2.40. The average molecular weight is 252 g/mol. The molecule has 1 rings (SSSR count). The largest absolute Gasteiger partial charge is 0.384 e. The number of rotatable bonds is 9. The third-order valence-electron chi connectivity index (χ3n) is 2.90. The monoisotopic (exact) mass is 252 g/mol. The topological polar surface area (TPSA) is 27.7 Å². The molecule has 3 heteroatoms. The molecule has 0 spiro atoms. The van der Waals surface area contributed by atoms with Gasteiger partial charge in [0.1, 0.15) is 0 Å². The van der Waals surface area contributed by atoms with Crippen molar-refractivity contribution in [2.24, 2.45) is 0 Å². The van der Waals surface area contributed by atoms with Gasteiger partial charge in [-0.2, -0.15) is 0 Å². The van der Waals surface area contributed by atoms with Crippen LogP contribution in [0.1, 0.15) is 16.7 Å². The van der Waals surface area contributed by atoms with E-state index in [9.17, 15) is 0 Å². The molecule has 0 saturated heterocycles. The molecular weight excluding hydrogens is 228 g/mol. The van der Waals surface area contributed by atoms with Crippen molar-refractivity contribution in [2.75, 3.05) is 41.2 Å². The first-order chi connectivity index (χ1) is 8.80. The normalized spacial score (nSPS) is 10.8. The fraction of sp³-hybridized carbons (Fsp3) is 0.600. The molecule has 1 aromatic carbocycles. The molecule has 0 unspecified atom stereocenters. The number of hydrogen-bond acceptors (Lipinski definition) is 3. The van der Waals surface area contributed by atoms with Crippen LogP contribution in [0.15, 0.2) is 18.2 Å². The van der Waals surface area contributed by atoms with E-state index < -0.39 is 0 Å². The Morgan fingerprint density at radius 3 is 1.11 bits per heavy atom. The molecule has 0 bridgehead atoms. The molecule has 0 atom stereocenters. The Morgan fingerprint density at radius 1 is 0.611 bits per heavy atom. The quantitative estimate of drug-likeness (QED) is 0.674. The lowest BCUT2D eigenvalue weighted by Crippen LogP contribution is -2.02. The van der Waals surface area contributed by atoms with Crippen molar-refractivity contribution < 1.29 is 14.2 Å². The minimum atomic E-state index is 0.761. The van der Waals surface area contributed by atoms with Gasteiger partial charge in [0.25, 0.3) is 0 Å². The molecule has 0 aliphatic carbocycles. The van der Waals surface area contributed by atoms with Crippen molar-refractivity contribution in [3.63, 3.8) is 0 Å². The van der Waals surface area contributed by atoms with Crippen LogP contribution >= 0.6 is 0 Å². The Labute approximate surface area is 110 Å². The summed E-state index contributed by atoms with van der Waals surface area (Å²) in [5.74, 6) is 0. The van der Waals surface area contributed by atoms with Gasteiger partial charge in [-0.3, -0.25) is 0 Å². The molecule has 0 aromatic heterocycles. The van der Waals surface area contributed by atoms with E-state index >= 15 is 0 Å². The van der Waals surface area contributed by atoms with Crippen molar-refractivity contribution in [2.45, 2.75) is 19.3 Å². The summed E-state index contributed by atoms with van der Waals surface area (Å²) in [7, 11) is 5.21. The summed E-state index contributed by atoms with van der Waals surface area (Å²) in [6, 6.07) is 6.73. The van der Waals surface area contributed by atoms with Crippen molar-refractivity contribution >= 4 is 0 Å². The van der Waals surface area contributed by atoms with Gasteiger partial charge in [-0.05, 0) is 36.0 Å². The Morgan fingerprint density at radius 2 is 0.889 bits per heavy atom. The van der Waals surface area contributed by atoms with Crippen molar-refractivity contribution in [1.29, 1.82) is 0 Å². The van der Waals surface area contributed by atoms with Gasteiger partial charge in [-0.15, -0.1) is 0 Å². The fourth-order valence-corrected chi connectivity index (χ4v) is 1.93. The van der Waals surface area contributed by atoms with Crippen molar-refractivity contribution in [3.8, 4) is 0 Å². The second-order valence-corrected chi connectivity index (χ2v) is 4.39. The molecule has 0 aliphatic heterocycles. The molecule has 102 valence electrons. The van der Waals surface area contributed by atoms with Crippen LogP contribution in [0.5, 0.6) is 0 Å². The van der Waals surface area contributed by atoms with E-state index in [2.05, 4.69) is 18.2 Å². The molecule has 0 N–H and O–H groups in total. The maximum atomic E-state index is 5.14. The van der Waals surface area contributed by atoms with Crippen molar-refractivity contribution in [1.82, 2.24) is 0 Å². The molecule has 1 aromatic rings. The lowest BCUT2D eigenvalue weighted by atomic mass is 10.0. The second kappa shape index (κ2) is 9.09. The smallest absolute Gasteiger partial charge is 0.0502 e. The maximum Gasteiger partial charge on any atom is 0.0502 e. The molecule has 0 fully saturated rings. The van der Waals surface area contributed by atoms with E-state index in [0.717, 1.165) is 39.1 Å². The van der Waals surface area contributed by atoms with Gasteiger partial charge >= 0.3 is 0 Å². The second-order valence-electron chi connectivity index (χ2n) is 4.39. The molecule has 0 heterocycles. The van der Waals surface area contributed by atoms with E-state index in [-0.39, 0.29) is 0 Å². The van der Waals surface area contributed by atoms with E-state index in [1.807, 2.05) is 0 Å². The maximum absolute atomic E-state index is 5.14. The summed E-state index contributed by atoms with van der Waals surface area (Å²) in [5.41, 5.74) is 3.99. The lowest BCUT2D eigenvalue weighted by molar-refractivity contribution is 0.200. The predicted octanol–water partition coefficient (Wildman–Crippen LogP) is 2.25. The van der Waals surface area contributed by atoms with Gasteiger partial charge in [0.2, 0.25) is 0 Å². The summed E-state index contributed by atoms with van der Waals surface area (Å²) in [6.07, 6.45) is 2.87. The first kappa shape index (κ1) is 15.2. The molecule has 0 saturated carbocycles. The highest BCUT2D eigenvalue weighted by atomic mass is 16.5. The van der Waals surface area contributed by atoms with Crippen LogP contribution < -0.4 is 0 Å². The first-order valence-corrected chi connectivity index (χ1v) is 6.38. The Bertz CT molecular complexity index is 272. The van der Waals surface area contributed by atoms with Gasteiger partial charge in [0.15, 0.2) is 0 Å². The minimum Gasteiger partial charge on any atom is -0.384 e. The van der Waals surface area contributed by atoms with Gasteiger partial charge in [0.05, 0.1) is 19.8 Å². The van der Waals surface area contributed by atoms with Crippen LogP contribution in [0.4, 0.5) is 0 Å². The Kier molecular flexibility index (Phi) is 7.65. The fourth-order valence-electron chi connectivity index (χ4n) is 1.93. The predicted molar refractivity (Wildman–Crippen MR) is 73.2 cm³/mol. The SMILES string of the molecule is COCCc1cc(CCOC)cc(CCOC)c1. The first-order valence-electron chi connectivity index (χ1n) is 6.38. The highest BCUT2D eigenvalue weighted by molar-refractivity contribution is 5.31. The van der Waals surface area contributed by atoms with Crippen LogP contribution in [0.3, 0.4) is 0 Å². The van der Waals surface area contributed by atoms with Gasteiger partial charge in [0, 0.05) is 21.3 Å². The van der Waals surface area contributed by atoms with Crippen molar-refractivity contribution in [3.05, 3.63) is 34.9 Å². The number of benzene rings is 1. The molecule has 0 amide bonds. The summed E-state index contributed by atoms with van der Waals surface area (Å²) >= 11 is 0. The zero-order valence-corrected chi connectivity index (χ0v) is 11.7. The highest BCUT2D eigenvalue weighted by Gasteiger charge is 2.02. The van der Waals surface area contributed by atoms with E-state index in [0.29, 0.717) is 0 Å². The minimum absolute atomic E-state index is 0.761. The highest BCUT2D eigenvalue weighted by Crippen LogP contribution is 2.13. The molecule has 0 radical (unpaired) electrons. The van der Waals surface area contributed by atoms with E-state index in [4.69, 9.17) is 14.2 Å². The summed E-state index contributed by atoms with van der Waals surface area (Å²) in [4.78, 5) is 0. The van der Waals surface area contributed by atoms with Gasteiger partial charge in [-0.25, -0.2) is 0 Å². The Hall–Kier alpha value is -0.900. The summed E-state index contributed by atoms with van der Waals surface area (Å²) < 4.78 is 15.4. The van der Waals surface area contributed by atoms with Gasteiger partial charge in [-0.1, -0.05) is 18.2 Å². The van der Waals surface area contributed by atoms with E-state index in [1.165, 1.54) is 16.7 Å². The zero-order valence-electron chi connectivity index (χ0n) is 11.7. The summed E-state index contributed by atoms with van der Waals surface area (Å²) in [5, 5.41) is 0. The molecule has 3 nitrogen and oxygen atoms in total. The number of ether oxygens (including phenoxy) is 3. The van der Waals surface area contributed by atoms with Gasteiger partial charge < -0.3 is 14.2 Å². The zero-order chi connectivity index (χ0) is 13.2. The molecular formula is C15H24O3. The van der Waals surface area contributed by atoms with Crippen LogP contribution in [-0.2, 0) is 33.5 Å². The van der Waals surface area contributed by atoms with Crippen LogP contribution in [0.25, 0.3) is 0 Å². The Balaban J connectivity index is 2.74.